The van der Waals surface area contributed by atoms with Gasteiger partial charge in [-0.1, -0.05) is 5.16 Å². The van der Waals surface area contributed by atoms with Crippen molar-refractivity contribution < 1.29 is 18.8 Å². The SMILES string of the molecule is COc1ccc(-c2cc(N3CCC(C(=O)OC(C)(C)C)CC3)on2)cc1. The molecule has 3 rings (SSSR count). The van der Waals surface area contributed by atoms with Crippen LogP contribution in [0.15, 0.2) is 34.9 Å². The number of carbonyl (C=O) groups is 1. The molecule has 0 radical (unpaired) electrons. The van der Waals surface area contributed by atoms with Gasteiger partial charge in [0.2, 0.25) is 5.88 Å². The lowest BCUT2D eigenvalue weighted by Crippen LogP contribution is -2.38. The lowest BCUT2D eigenvalue weighted by Gasteiger charge is -2.31. The zero-order valence-corrected chi connectivity index (χ0v) is 15.8. The van der Waals surface area contributed by atoms with Crippen molar-refractivity contribution in [2.45, 2.75) is 39.2 Å². The predicted octanol–water partition coefficient (Wildman–Crippen LogP) is 3.91. The van der Waals surface area contributed by atoms with Gasteiger partial charge in [-0.25, -0.2) is 0 Å². The molecule has 0 aliphatic carbocycles. The van der Waals surface area contributed by atoms with Crippen molar-refractivity contribution in [3.63, 3.8) is 0 Å². The number of esters is 1. The molecule has 6 heteroatoms. The van der Waals surface area contributed by atoms with Crippen LogP contribution in [0.3, 0.4) is 0 Å². The molecule has 1 aromatic heterocycles. The minimum atomic E-state index is -0.438. The molecule has 1 fully saturated rings. The van der Waals surface area contributed by atoms with Gasteiger partial charge in [0.05, 0.1) is 13.0 Å². The molecule has 0 bridgehead atoms. The van der Waals surface area contributed by atoms with E-state index < -0.39 is 5.60 Å². The number of rotatable bonds is 4. The van der Waals surface area contributed by atoms with Crippen molar-refractivity contribution in [2.24, 2.45) is 5.92 Å². The summed E-state index contributed by atoms with van der Waals surface area (Å²) in [6.07, 6.45) is 1.51. The van der Waals surface area contributed by atoms with Gasteiger partial charge in [-0.05, 0) is 57.9 Å². The van der Waals surface area contributed by atoms with E-state index in [9.17, 15) is 4.79 Å². The summed E-state index contributed by atoms with van der Waals surface area (Å²) in [7, 11) is 1.64. The lowest BCUT2D eigenvalue weighted by atomic mass is 9.96. The monoisotopic (exact) mass is 358 g/mol. The zero-order chi connectivity index (χ0) is 18.7. The van der Waals surface area contributed by atoms with Crippen LogP contribution in [0.5, 0.6) is 5.75 Å². The number of ether oxygens (including phenoxy) is 2. The summed E-state index contributed by atoms with van der Waals surface area (Å²) in [5.41, 5.74) is 1.33. The number of nitrogens with zero attached hydrogens (tertiary/aromatic N) is 2. The van der Waals surface area contributed by atoms with Crippen LogP contribution in [-0.2, 0) is 9.53 Å². The molecule has 26 heavy (non-hydrogen) atoms. The van der Waals surface area contributed by atoms with Gasteiger partial charge in [0.25, 0.3) is 0 Å². The Morgan fingerprint density at radius 1 is 1.19 bits per heavy atom. The summed E-state index contributed by atoms with van der Waals surface area (Å²) in [6, 6.07) is 9.64. The molecule has 0 unspecified atom stereocenters. The highest BCUT2D eigenvalue weighted by Gasteiger charge is 2.30. The van der Waals surface area contributed by atoms with Crippen LogP contribution in [0.4, 0.5) is 5.88 Å². The molecule has 1 aliphatic rings. The van der Waals surface area contributed by atoms with Crippen molar-refractivity contribution in [1.29, 1.82) is 0 Å². The largest absolute Gasteiger partial charge is 0.497 e. The van der Waals surface area contributed by atoms with Crippen molar-refractivity contribution >= 4 is 11.9 Å². The van der Waals surface area contributed by atoms with Gasteiger partial charge in [0.1, 0.15) is 17.0 Å². The summed E-state index contributed by atoms with van der Waals surface area (Å²) < 4.78 is 16.2. The molecule has 0 spiro atoms. The summed E-state index contributed by atoms with van der Waals surface area (Å²) in [6.45, 7) is 7.20. The summed E-state index contributed by atoms with van der Waals surface area (Å²) >= 11 is 0. The van der Waals surface area contributed by atoms with Crippen LogP contribution in [0.1, 0.15) is 33.6 Å². The van der Waals surface area contributed by atoms with Gasteiger partial charge in [-0.3, -0.25) is 4.79 Å². The van der Waals surface area contributed by atoms with Crippen molar-refractivity contribution in [3.05, 3.63) is 30.3 Å². The quantitative estimate of drug-likeness (QED) is 0.772. The van der Waals surface area contributed by atoms with Crippen molar-refractivity contribution in [2.75, 3.05) is 25.1 Å². The molecular formula is C20H26N2O4. The van der Waals surface area contributed by atoms with Crippen LogP contribution in [0.2, 0.25) is 0 Å². The van der Waals surface area contributed by atoms with Gasteiger partial charge >= 0.3 is 5.97 Å². The first kappa shape index (κ1) is 18.3. The number of hydrogen-bond donors (Lipinski definition) is 0. The fraction of sp³-hybridized carbons (Fsp3) is 0.500. The van der Waals surface area contributed by atoms with E-state index in [1.807, 2.05) is 51.1 Å². The lowest BCUT2D eigenvalue weighted by molar-refractivity contribution is -0.160. The first-order valence-corrected chi connectivity index (χ1v) is 8.95. The molecule has 1 aliphatic heterocycles. The molecule has 1 saturated heterocycles. The Labute approximate surface area is 154 Å². The highest BCUT2D eigenvalue weighted by Crippen LogP contribution is 2.29. The summed E-state index contributed by atoms with van der Waals surface area (Å²) in [4.78, 5) is 14.3. The number of piperidine rings is 1. The van der Waals surface area contributed by atoms with E-state index in [4.69, 9.17) is 14.0 Å². The minimum absolute atomic E-state index is 0.0468. The van der Waals surface area contributed by atoms with E-state index in [2.05, 4.69) is 10.1 Å². The third kappa shape index (κ3) is 4.36. The Kier molecular flexibility index (Phi) is 5.20. The maximum absolute atomic E-state index is 12.2. The number of benzene rings is 1. The number of hydrogen-bond acceptors (Lipinski definition) is 6. The first-order chi connectivity index (χ1) is 12.4. The van der Waals surface area contributed by atoms with Crippen LogP contribution >= 0.6 is 0 Å². The number of methoxy groups -OCH3 is 1. The molecule has 6 nitrogen and oxygen atoms in total. The van der Waals surface area contributed by atoms with Crippen LogP contribution in [0, 0.1) is 5.92 Å². The molecule has 0 atom stereocenters. The van der Waals surface area contributed by atoms with Crippen LogP contribution < -0.4 is 9.64 Å². The van der Waals surface area contributed by atoms with Crippen molar-refractivity contribution in [1.82, 2.24) is 5.16 Å². The zero-order valence-electron chi connectivity index (χ0n) is 15.8. The van der Waals surface area contributed by atoms with E-state index in [1.165, 1.54) is 0 Å². The third-order valence-electron chi connectivity index (χ3n) is 4.43. The normalized spacial score (nSPS) is 15.8. The molecule has 2 heterocycles. The molecule has 0 saturated carbocycles. The molecule has 2 aromatic rings. The van der Waals surface area contributed by atoms with E-state index in [0.29, 0.717) is 0 Å². The second-order valence-corrected chi connectivity index (χ2v) is 7.57. The van der Waals surface area contributed by atoms with Gasteiger partial charge in [-0.15, -0.1) is 0 Å². The Bertz CT molecular complexity index is 738. The minimum Gasteiger partial charge on any atom is -0.497 e. The van der Waals surface area contributed by atoms with Gasteiger partial charge in [0.15, 0.2) is 0 Å². The van der Waals surface area contributed by atoms with E-state index in [0.717, 1.165) is 48.8 Å². The average Bonchev–Trinajstić information content (AvgIpc) is 3.10. The Balaban J connectivity index is 1.60. The first-order valence-electron chi connectivity index (χ1n) is 8.95. The van der Waals surface area contributed by atoms with Crippen LogP contribution in [-0.4, -0.2) is 36.9 Å². The standard InChI is InChI=1S/C20H26N2O4/c1-20(2,3)25-19(23)15-9-11-22(12-10-15)18-13-17(21-26-18)14-5-7-16(24-4)8-6-14/h5-8,13,15H,9-12H2,1-4H3. The summed E-state index contributed by atoms with van der Waals surface area (Å²) in [5.74, 6) is 1.39. The predicted molar refractivity (Wildman–Crippen MR) is 99.3 cm³/mol. The molecule has 1 aromatic carbocycles. The highest BCUT2D eigenvalue weighted by atomic mass is 16.6. The molecule has 140 valence electrons. The molecule has 0 amide bonds. The Morgan fingerprint density at radius 3 is 2.42 bits per heavy atom. The second-order valence-electron chi connectivity index (χ2n) is 7.57. The topological polar surface area (TPSA) is 64.8 Å². The summed E-state index contributed by atoms with van der Waals surface area (Å²) in [5, 5.41) is 4.17. The Hall–Kier alpha value is -2.50. The maximum atomic E-state index is 12.2. The van der Waals surface area contributed by atoms with Crippen molar-refractivity contribution in [3.8, 4) is 17.0 Å². The van der Waals surface area contributed by atoms with E-state index in [1.54, 1.807) is 7.11 Å². The molecular weight excluding hydrogens is 332 g/mol. The van der Waals surface area contributed by atoms with Gasteiger partial charge in [0, 0.05) is 24.7 Å². The molecule has 0 N–H and O–H groups in total. The maximum Gasteiger partial charge on any atom is 0.309 e. The fourth-order valence-corrected chi connectivity index (χ4v) is 3.03. The fourth-order valence-electron chi connectivity index (χ4n) is 3.03. The van der Waals surface area contributed by atoms with Gasteiger partial charge in [-0.2, -0.15) is 0 Å². The third-order valence-corrected chi connectivity index (χ3v) is 4.43. The smallest absolute Gasteiger partial charge is 0.309 e. The van der Waals surface area contributed by atoms with E-state index in [-0.39, 0.29) is 11.9 Å². The highest BCUT2D eigenvalue weighted by molar-refractivity contribution is 5.73. The van der Waals surface area contributed by atoms with Crippen LogP contribution in [0.25, 0.3) is 11.3 Å². The van der Waals surface area contributed by atoms with E-state index >= 15 is 0 Å². The number of aromatic nitrogens is 1. The number of anilines is 1. The van der Waals surface area contributed by atoms with Gasteiger partial charge < -0.3 is 18.9 Å². The number of carbonyl (C=O) groups excluding carboxylic acids is 1. The second kappa shape index (κ2) is 7.40. The Morgan fingerprint density at radius 2 is 1.85 bits per heavy atom. The average molecular weight is 358 g/mol.